The van der Waals surface area contributed by atoms with E-state index in [-0.39, 0.29) is 30.4 Å². The Kier molecular flexibility index (Phi) is 11.6. The number of fused-ring (bicyclic) bond motifs is 1. The van der Waals surface area contributed by atoms with Gasteiger partial charge >= 0.3 is 18.3 Å². The van der Waals surface area contributed by atoms with Crippen LogP contribution in [0, 0.1) is 0 Å². The van der Waals surface area contributed by atoms with E-state index < -0.39 is 35.1 Å². The van der Waals surface area contributed by atoms with Gasteiger partial charge in [-0.25, -0.2) is 24.4 Å². The van der Waals surface area contributed by atoms with Gasteiger partial charge in [0.2, 0.25) is 5.91 Å². The number of rotatable bonds is 6. The Balaban J connectivity index is 1.34. The van der Waals surface area contributed by atoms with Crippen molar-refractivity contribution in [2.45, 2.75) is 117 Å². The molecule has 4 aromatic rings. The van der Waals surface area contributed by atoms with Gasteiger partial charge in [0.25, 0.3) is 0 Å². The molecule has 0 N–H and O–H groups in total. The van der Waals surface area contributed by atoms with E-state index >= 15 is 0 Å². The standard InChI is InChI=1S/C43H54N6O8/c1-41(2,3)55-38(51)46-23-24-47(34(50)26-46)29-17-19-30(20-18-29)48-25-33(28-15-21-32(22-16-28)54-31-13-11-10-12-14-31)35-36(48)44-27-45-37(35)49(39(52)56-42(4,5)6)40(53)57-43(7,8)9/h10-16,21-22,25,27,29-30H,17-20,23-24,26H2,1-9H3. The van der Waals surface area contributed by atoms with Crippen molar-refractivity contribution in [3.8, 4) is 22.6 Å². The first-order valence-corrected chi connectivity index (χ1v) is 19.5. The van der Waals surface area contributed by atoms with Gasteiger partial charge in [0.05, 0.1) is 5.39 Å². The zero-order chi connectivity index (χ0) is 41.3. The molecule has 0 atom stereocenters. The normalized spacial score (nSPS) is 17.9. The van der Waals surface area contributed by atoms with E-state index in [4.69, 9.17) is 23.9 Å². The van der Waals surface area contributed by atoms with Crippen LogP contribution in [0.1, 0.15) is 94.0 Å². The van der Waals surface area contributed by atoms with E-state index in [1.54, 1.807) is 62.3 Å². The van der Waals surface area contributed by atoms with Crippen molar-refractivity contribution in [3.63, 3.8) is 0 Å². The molecule has 14 heteroatoms. The van der Waals surface area contributed by atoms with Crippen molar-refractivity contribution < 1.29 is 38.1 Å². The SMILES string of the molecule is CC(C)(C)OC(=O)N1CCN(C2CCC(n3cc(-c4ccc(Oc5ccccc5)cc4)c4c(N(C(=O)OC(C)(C)C)C(=O)OC(C)(C)C)ncnc43)CC2)C(=O)C1. The fraction of sp³-hybridized carbons (Fsp3) is 0.488. The van der Waals surface area contributed by atoms with Crippen LogP contribution in [0.5, 0.6) is 11.5 Å². The molecule has 304 valence electrons. The lowest BCUT2D eigenvalue weighted by Crippen LogP contribution is -2.56. The van der Waals surface area contributed by atoms with Crippen LogP contribution in [-0.2, 0) is 19.0 Å². The van der Waals surface area contributed by atoms with Crippen LogP contribution in [0.4, 0.5) is 20.2 Å². The van der Waals surface area contributed by atoms with E-state index in [1.807, 2.05) is 65.7 Å². The van der Waals surface area contributed by atoms with Crippen LogP contribution in [0.25, 0.3) is 22.2 Å². The molecule has 2 fully saturated rings. The Morgan fingerprint density at radius 2 is 1.26 bits per heavy atom. The van der Waals surface area contributed by atoms with Gasteiger partial charge in [0.1, 0.15) is 46.8 Å². The number of anilines is 1. The summed E-state index contributed by atoms with van der Waals surface area (Å²) < 4.78 is 25.1. The minimum atomic E-state index is -0.931. The van der Waals surface area contributed by atoms with E-state index in [0.29, 0.717) is 41.2 Å². The summed E-state index contributed by atoms with van der Waals surface area (Å²) in [5.74, 6) is 1.27. The average molecular weight is 783 g/mol. The lowest BCUT2D eigenvalue weighted by Gasteiger charge is -2.42. The molecule has 1 aliphatic carbocycles. The Labute approximate surface area is 334 Å². The topological polar surface area (TPSA) is 146 Å². The largest absolute Gasteiger partial charge is 0.457 e. The van der Waals surface area contributed by atoms with Crippen molar-refractivity contribution in [2.24, 2.45) is 0 Å². The second-order valence-corrected chi connectivity index (χ2v) is 17.5. The maximum absolute atomic E-state index is 13.9. The molecule has 0 spiro atoms. The highest BCUT2D eigenvalue weighted by atomic mass is 16.6. The molecule has 2 aliphatic rings. The van der Waals surface area contributed by atoms with Crippen LogP contribution in [0.3, 0.4) is 0 Å². The van der Waals surface area contributed by atoms with Crippen molar-refractivity contribution in [1.82, 2.24) is 24.3 Å². The first-order valence-electron chi connectivity index (χ1n) is 19.5. The van der Waals surface area contributed by atoms with Crippen molar-refractivity contribution in [1.29, 1.82) is 0 Å². The Morgan fingerprint density at radius 3 is 1.82 bits per heavy atom. The minimum Gasteiger partial charge on any atom is -0.457 e. The van der Waals surface area contributed by atoms with E-state index in [1.165, 1.54) is 11.2 Å². The number of aromatic nitrogens is 3. The Bertz CT molecular complexity index is 2060. The summed E-state index contributed by atoms with van der Waals surface area (Å²) in [4.78, 5) is 67.3. The lowest BCUT2D eigenvalue weighted by molar-refractivity contribution is -0.139. The number of ether oxygens (including phenoxy) is 4. The molecule has 1 aliphatic heterocycles. The molecule has 0 bridgehead atoms. The zero-order valence-electron chi connectivity index (χ0n) is 34.4. The maximum Gasteiger partial charge on any atom is 0.425 e. The summed E-state index contributed by atoms with van der Waals surface area (Å²) >= 11 is 0. The summed E-state index contributed by atoms with van der Waals surface area (Å²) in [6.45, 7) is 16.6. The second-order valence-electron chi connectivity index (χ2n) is 17.5. The molecular formula is C43H54N6O8. The van der Waals surface area contributed by atoms with Gasteiger partial charge in [0, 0.05) is 36.9 Å². The predicted octanol–water partition coefficient (Wildman–Crippen LogP) is 9.13. The third-order valence-corrected chi connectivity index (χ3v) is 9.51. The molecule has 14 nitrogen and oxygen atoms in total. The van der Waals surface area contributed by atoms with E-state index in [9.17, 15) is 19.2 Å². The smallest absolute Gasteiger partial charge is 0.425 e. The fourth-order valence-electron chi connectivity index (χ4n) is 7.13. The summed E-state index contributed by atoms with van der Waals surface area (Å²) in [7, 11) is 0. The first kappa shape index (κ1) is 41.0. The van der Waals surface area contributed by atoms with Crippen molar-refractivity contribution >= 4 is 41.0 Å². The number of carbonyl (C=O) groups excluding carboxylic acids is 4. The number of hydrogen-bond donors (Lipinski definition) is 0. The van der Waals surface area contributed by atoms with Gasteiger partial charge in [-0.05, 0) is 118 Å². The number of benzene rings is 2. The van der Waals surface area contributed by atoms with Crippen LogP contribution in [0.15, 0.2) is 67.1 Å². The molecule has 3 heterocycles. The predicted molar refractivity (Wildman–Crippen MR) is 215 cm³/mol. The maximum atomic E-state index is 13.9. The summed E-state index contributed by atoms with van der Waals surface area (Å²) in [6.07, 6.45) is 3.94. The first-order chi connectivity index (χ1) is 26.8. The van der Waals surface area contributed by atoms with Crippen molar-refractivity contribution in [3.05, 3.63) is 67.1 Å². The van der Waals surface area contributed by atoms with Crippen LogP contribution in [0.2, 0.25) is 0 Å². The highest BCUT2D eigenvalue weighted by molar-refractivity contribution is 6.16. The fourth-order valence-corrected chi connectivity index (χ4v) is 7.13. The summed E-state index contributed by atoms with van der Waals surface area (Å²) in [5, 5.41) is 0.474. The molecule has 2 aromatic heterocycles. The minimum absolute atomic E-state index is 0.0128. The molecule has 6 rings (SSSR count). The molecule has 0 radical (unpaired) electrons. The molecule has 4 amide bonds. The number of piperazine rings is 1. The second kappa shape index (κ2) is 16.1. The van der Waals surface area contributed by atoms with Crippen molar-refractivity contribution in [2.75, 3.05) is 24.5 Å². The molecule has 1 saturated carbocycles. The number of carbonyl (C=O) groups is 4. The zero-order valence-corrected chi connectivity index (χ0v) is 34.4. The molecule has 2 aromatic carbocycles. The molecular weight excluding hydrogens is 729 g/mol. The number of amides is 4. The summed E-state index contributed by atoms with van der Waals surface area (Å²) in [6, 6.07) is 17.0. The quantitative estimate of drug-likeness (QED) is 0.174. The van der Waals surface area contributed by atoms with Crippen LogP contribution >= 0.6 is 0 Å². The number of nitrogens with zero attached hydrogens (tertiary/aromatic N) is 6. The highest BCUT2D eigenvalue weighted by Gasteiger charge is 2.39. The van der Waals surface area contributed by atoms with Gasteiger partial charge in [-0.2, -0.15) is 4.90 Å². The monoisotopic (exact) mass is 782 g/mol. The molecule has 0 unspecified atom stereocenters. The number of para-hydroxylation sites is 1. The third kappa shape index (κ3) is 10.0. The van der Waals surface area contributed by atoms with Gasteiger partial charge in [-0.1, -0.05) is 30.3 Å². The van der Waals surface area contributed by atoms with Crippen LogP contribution < -0.4 is 9.64 Å². The Hall–Kier alpha value is -5.66. The Morgan fingerprint density at radius 1 is 0.702 bits per heavy atom. The van der Waals surface area contributed by atoms with E-state index in [0.717, 1.165) is 36.1 Å². The van der Waals surface area contributed by atoms with Crippen LogP contribution in [-0.4, -0.2) is 91.0 Å². The number of imide groups is 1. The average Bonchev–Trinajstić information content (AvgIpc) is 3.51. The highest BCUT2D eigenvalue weighted by Crippen LogP contribution is 2.42. The van der Waals surface area contributed by atoms with Gasteiger partial charge < -0.3 is 28.4 Å². The lowest BCUT2D eigenvalue weighted by atomic mass is 9.89. The summed E-state index contributed by atoms with van der Waals surface area (Å²) in [5.41, 5.74) is -0.481. The van der Waals surface area contributed by atoms with Gasteiger partial charge in [-0.3, -0.25) is 9.69 Å². The van der Waals surface area contributed by atoms with E-state index in [2.05, 4.69) is 9.55 Å². The van der Waals surface area contributed by atoms with Gasteiger partial charge in [0.15, 0.2) is 5.82 Å². The third-order valence-electron chi connectivity index (χ3n) is 9.51. The molecule has 1 saturated heterocycles. The van der Waals surface area contributed by atoms with Gasteiger partial charge in [-0.15, -0.1) is 0 Å². The molecule has 57 heavy (non-hydrogen) atoms. The number of hydrogen-bond acceptors (Lipinski definition) is 10.